The molecule has 100 valence electrons. The molecule has 1 unspecified atom stereocenters. The van der Waals surface area contributed by atoms with Gasteiger partial charge in [-0.05, 0) is 33.6 Å². The van der Waals surface area contributed by atoms with Crippen molar-refractivity contribution in [3.8, 4) is 0 Å². The molecule has 1 fully saturated rings. The Labute approximate surface area is 104 Å². The summed E-state index contributed by atoms with van der Waals surface area (Å²) in [5.41, 5.74) is -1.09. The van der Waals surface area contributed by atoms with E-state index in [0.29, 0.717) is 12.6 Å². The normalized spacial score (nSPS) is 20.2. The van der Waals surface area contributed by atoms with Crippen molar-refractivity contribution >= 4 is 5.97 Å². The van der Waals surface area contributed by atoms with Crippen LogP contribution in [0, 0.1) is 0 Å². The van der Waals surface area contributed by atoms with Crippen molar-refractivity contribution < 1.29 is 14.6 Å². The third-order valence-corrected chi connectivity index (χ3v) is 3.33. The third-order valence-electron chi connectivity index (χ3n) is 3.33. The Morgan fingerprint density at radius 3 is 2.53 bits per heavy atom. The lowest BCUT2D eigenvalue weighted by molar-refractivity contribution is -0.161. The predicted octanol–water partition coefficient (Wildman–Crippen LogP) is 2.18. The van der Waals surface area contributed by atoms with Gasteiger partial charge in [-0.15, -0.1) is 0 Å². The van der Waals surface area contributed by atoms with Crippen molar-refractivity contribution in [2.24, 2.45) is 0 Å². The molecule has 0 amide bonds. The molecule has 0 heterocycles. The quantitative estimate of drug-likeness (QED) is 0.750. The van der Waals surface area contributed by atoms with Crippen LogP contribution in [0.4, 0.5) is 0 Å². The summed E-state index contributed by atoms with van der Waals surface area (Å²) >= 11 is 0. The van der Waals surface area contributed by atoms with Crippen LogP contribution in [0.5, 0.6) is 0 Å². The van der Waals surface area contributed by atoms with Crippen molar-refractivity contribution in [1.82, 2.24) is 5.32 Å². The molecule has 1 aliphatic rings. The Morgan fingerprint density at radius 1 is 1.41 bits per heavy atom. The molecule has 1 saturated carbocycles. The van der Waals surface area contributed by atoms with Crippen molar-refractivity contribution in [1.29, 1.82) is 0 Å². The van der Waals surface area contributed by atoms with E-state index in [0.717, 1.165) is 0 Å². The molecular formula is C13H25NO3. The maximum atomic E-state index is 10.9. The van der Waals surface area contributed by atoms with Crippen LogP contribution >= 0.6 is 0 Å². The number of rotatable bonds is 6. The number of carboxylic acid groups (broad SMARTS) is 1. The number of ether oxygens (including phenoxy) is 1. The Kier molecular flexibility index (Phi) is 5.40. The third kappa shape index (κ3) is 5.04. The number of carbonyl (C=O) groups is 1. The summed E-state index contributed by atoms with van der Waals surface area (Å²) in [5.74, 6) is -0.914. The van der Waals surface area contributed by atoms with Crippen molar-refractivity contribution in [3.05, 3.63) is 0 Å². The fourth-order valence-corrected chi connectivity index (χ4v) is 2.11. The van der Waals surface area contributed by atoms with Crippen LogP contribution in [0.3, 0.4) is 0 Å². The molecule has 1 atom stereocenters. The average Bonchev–Trinajstić information content (AvgIpc) is 2.28. The predicted molar refractivity (Wildman–Crippen MR) is 67.1 cm³/mol. The first-order valence-electron chi connectivity index (χ1n) is 6.55. The fraction of sp³-hybridized carbons (Fsp3) is 0.923. The zero-order valence-electron chi connectivity index (χ0n) is 11.2. The van der Waals surface area contributed by atoms with E-state index in [2.05, 4.69) is 5.32 Å². The number of hydrogen-bond acceptors (Lipinski definition) is 3. The molecule has 0 spiro atoms. The van der Waals surface area contributed by atoms with Crippen LogP contribution in [-0.4, -0.2) is 35.4 Å². The van der Waals surface area contributed by atoms with E-state index in [-0.39, 0.29) is 6.04 Å². The highest BCUT2D eigenvalue weighted by Crippen LogP contribution is 2.18. The highest BCUT2D eigenvalue weighted by Gasteiger charge is 2.28. The first-order chi connectivity index (χ1) is 7.92. The van der Waals surface area contributed by atoms with Crippen LogP contribution in [0.2, 0.25) is 0 Å². The van der Waals surface area contributed by atoms with Gasteiger partial charge in [0.05, 0.1) is 6.61 Å². The molecule has 0 aromatic heterocycles. The van der Waals surface area contributed by atoms with Crippen molar-refractivity contribution in [3.63, 3.8) is 0 Å². The Morgan fingerprint density at radius 2 is 2.00 bits per heavy atom. The van der Waals surface area contributed by atoms with Crippen LogP contribution in [0.15, 0.2) is 0 Å². The minimum absolute atomic E-state index is 0.205. The number of carboxylic acids is 1. The van der Waals surface area contributed by atoms with Crippen LogP contribution in [0.1, 0.15) is 52.9 Å². The molecule has 0 aromatic carbocycles. The summed E-state index contributed by atoms with van der Waals surface area (Å²) in [6.45, 7) is 5.66. The minimum Gasteiger partial charge on any atom is -0.479 e. The molecule has 1 aliphatic carbocycles. The van der Waals surface area contributed by atoms with Crippen LogP contribution < -0.4 is 5.32 Å². The van der Waals surface area contributed by atoms with E-state index < -0.39 is 11.6 Å². The van der Waals surface area contributed by atoms with Crippen molar-refractivity contribution in [2.75, 3.05) is 6.61 Å². The molecule has 0 saturated heterocycles. The molecule has 0 radical (unpaired) electrons. The van der Waals surface area contributed by atoms with Gasteiger partial charge >= 0.3 is 5.97 Å². The molecule has 0 bridgehead atoms. The Bertz CT molecular complexity index is 247. The number of hydrogen-bond donors (Lipinski definition) is 2. The lowest BCUT2D eigenvalue weighted by atomic mass is 9.95. The van der Waals surface area contributed by atoms with Gasteiger partial charge in [0.25, 0.3) is 0 Å². The summed E-state index contributed by atoms with van der Waals surface area (Å²) < 4.78 is 5.43. The van der Waals surface area contributed by atoms with Gasteiger partial charge in [-0.1, -0.05) is 19.3 Å². The summed E-state index contributed by atoms with van der Waals surface area (Å²) in [5, 5.41) is 12.4. The largest absolute Gasteiger partial charge is 0.479 e. The van der Waals surface area contributed by atoms with Gasteiger partial charge in [0, 0.05) is 12.1 Å². The lowest BCUT2D eigenvalue weighted by Gasteiger charge is -2.28. The van der Waals surface area contributed by atoms with E-state index in [1.807, 2.05) is 6.92 Å². The maximum absolute atomic E-state index is 10.9. The number of nitrogens with one attached hydrogen (secondary N) is 1. The lowest BCUT2D eigenvalue weighted by Crippen LogP contribution is -2.44. The second-order valence-electron chi connectivity index (χ2n) is 5.53. The average molecular weight is 243 g/mol. The summed E-state index contributed by atoms with van der Waals surface area (Å²) in [7, 11) is 0. The molecule has 1 rings (SSSR count). The van der Waals surface area contributed by atoms with Gasteiger partial charge in [-0.3, -0.25) is 0 Å². The topological polar surface area (TPSA) is 58.6 Å². The van der Waals surface area contributed by atoms with Gasteiger partial charge in [0.1, 0.15) is 0 Å². The Balaban J connectivity index is 2.24. The van der Waals surface area contributed by atoms with Crippen LogP contribution in [0.25, 0.3) is 0 Å². The van der Waals surface area contributed by atoms with E-state index in [4.69, 9.17) is 9.84 Å². The molecule has 17 heavy (non-hydrogen) atoms. The minimum atomic E-state index is -1.09. The van der Waals surface area contributed by atoms with E-state index in [1.165, 1.54) is 32.1 Å². The zero-order chi connectivity index (χ0) is 12.9. The van der Waals surface area contributed by atoms with Gasteiger partial charge in [0.2, 0.25) is 0 Å². The highest BCUT2D eigenvalue weighted by atomic mass is 16.5. The van der Waals surface area contributed by atoms with Gasteiger partial charge < -0.3 is 15.2 Å². The summed E-state index contributed by atoms with van der Waals surface area (Å²) in [4.78, 5) is 10.9. The standard InChI is InChI=1S/C13H25NO3/c1-10(9-17-13(2,3)12(15)16)14-11-7-5-4-6-8-11/h10-11,14H,4-9H2,1-3H3,(H,15,16). The first kappa shape index (κ1) is 14.5. The SMILES string of the molecule is CC(COC(C)(C)C(=O)O)NC1CCCCC1. The first-order valence-corrected chi connectivity index (χ1v) is 6.55. The Hall–Kier alpha value is -0.610. The summed E-state index contributed by atoms with van der Waals surface area (Å²) in [6.07, 6.45) is 6.39. The van der Waals surface area contributed by atoms with E-state index in [9.17, 15) is 4.79 Å². The maximum Gasteiger partial charge on any atom is 0.335 e. The van der Waals surface area contributed by atoms with Crippen molar-refractivity contribution in [2.45, 2.75) is 70.6 Å². The molecule has 0 aromatic rings. The van der Waals surface area contributed by atoms with Gasteiger partial charge in [-0.2, -0.15) is 0 Å². The summed E-state index contributed by atoms with van der Waals surface area (Å²) in [6, 6.07) is 0.784. The molecule has 4 heteroatoms. The van der Waals surface area contributed by atoms with Gasteiger partial charge in [-0.25, -0.2) is 4.79 Å². The monoisotopic (exact) mass is 243 g/mol. The van der Waals surface area contributed by atoms with Gasteiger partial charge in [0.15, 0.2) is 5.60 Å². The molecule has 2 N–H and O–H groups in total. The smallest absolute Gasteiger partial charge is 0.335 e. The second-order valence-corrected chi connectivity index (χ2v) is 5.53. The molecular weight excluding hydrogens is 218 g/mol. The zero-order valence-corrected chi connectivity index (χ0v) is 11.2. The highest BCUT2D eigenvalue weighted by molar-refractivity contribution is 5.76. The van der Waals surface area contributed by atoms with E-state index in [1.54, 1.807) is 13.8 Å². The van der Waals surface area contributed by atoms with E-state index >= 15 is 0 Å². The van der Waals surface area contributed by atoms with Crippen LogP contribution in [-0.2, 0) is 9.53 Å². The second kappa shape index (κ2) is 6.36. The molecule has 4 nitrogen and oxygen atoms in total. The fourth-order valence-electron chi connectivity index (χ4n) is 2.11. The number of aliphatic carboxylic acids is 1. The molecule has 0 aliphatic heterocycles.